The van der Waals surface area contributed by atoms with Crippen molar-refractivity contribution in [3.8, 4) is 0 Å². The SMILES string of the molecule is CCC1CCC(NC(=O)c2csc(N)n2)(C(=O)O)CC1. The highest BCUT2D eigenvalue weighted by molar-refractivity contribution is 7.13. The van der Waals surface area contributed by atoms with Crippen LogP contribution in [0.2, 0.25) is 0 Å². The smallest absolute Gasteiger partial charge is 0.329 e. The van der Waals surface area contributed by atoms with Crippen LogP contribution >= 0.6 is 11.3 Å². The quantitative estimate of drug-likeness (QED) is 0.787. The Kier molecular flexibility index (Phi) is 4.27. The summed E-state index contributed by atoms with van der Waals surface area (Å²) in [6, 6.07) is 0. The number of carbonyl (C=O) groups is 2. The van der Waals surface area contributed by atoms with E-state index in [2.05, 4.69) is 17.2 Å². The van der Waals surface area contributed by atoms with Crippen LogP contribution in [-0.2, 0) is 4.79 Å². The molecule has 0 saturated heterocycles. The summed E-state index contributed by atoms with van der Waals surface area (Å²) >= 11 is 1.16. The van der Waals surface area contributed by atoms with E-state index in [1.807, 2.05) is 0 Å². The van der Waals surface area contributed by atoms with Gasteiger partial charge < -0.3 is 16.2 Å². The van der Waals surface area contributed by atoms with Gasteiger partial charge in [-0.15, -0.1) is 11.3 Å². The van der Waals surface area contributed by atoms with Gasteiger partial charge in [0.25, 0.3) is 5.91 Å². The third-order valence-electron chi connectivity index (χ3n) is 4.05. The lowest BCUT2D eigenvalue weighted by Gasteiger charge is -2.37. The van der Waals surface area contributed by atoms with E-state index in [9.17, 15) is 14.7 Å². The summed E-state index contributed by atoms with van der Waals surface area (Å²) in [5.41, 5.74) is 4.51. The van der Waals surface area contributed by atoms with Gasteiger partial charge in [-0.25, -0.2) is 9.78 Å². The van der Waals surface area contributed by atoms with E-state index in [0.29, 0.717) is 23.9 Å². The topological polar surface area (TPSA) is 105 Å². The number of nitrogens with zero attached hydrogens (tertiary/aromatic N) is 1. The standard InChI is InChI=1S/C13H19N3O3S/c1-2-8-3-5-13(6-4-8,11(18)19)16-10(17)9-7-20-12(14)15-9/h7-8H,2-6H2,1H3,(H2,14,15)(H,16,17)(H,18,19). The van der Waals surface area contributed by atoms with Crippen molar-refractivity contribution in [1.82, 2.24) is 10.3 Å². The number of thiazole rings is 1. The molecule has 110 valence electrons. The summed E-state index contributed by atoms with van der Waals surface area (Å²) in [6.07, 6.45) is 3.62. The Bertz CT molecular complexity index is 507. The molecule has 0 spiro atoms. The van der Waals surface area contributed by atoms with Crippen molar-refractivity contribution < 1.29 is 14.7 Å². The van der Waals surface area contributed by atoms with Crippen LogP contribution in [0.1, 0.15) is 49.5 Å². The average Bonchev–Trinajstić information content (AvgIpc) is 2.86. The zero-order valence-corrected chi connectivity index (χ0v) is 12.2. The molecule has 1 saturated carbocycles. The fourth-order valence-electron chi connectivity index (χ4n) is 2.64. The van der Waals surface area contributed by atoms with Crippen LogP contribution in [0.5, 0.6) is 0 Å². The van der Waals surface area contributed by atoms with Crippen LogP contribution in [0.15, 0.2) is 5.38 Å². The van der Waals surface area contributed by atoms with E-state index in [0.717, 1.165) is 30.6 Å². The maximum atomic E-state index is 12.1. The second kappa shape index (κ2) is 5.78. The lowest BCUT2D eigenvalue weighted by Crippen LogP contribution is -2.56. The minimum Gasteiger partial charge on any atom is -0.480 e. The number of anilines is 1. The Morgan fingerprint density at radius 1 is 1.55 bits per heavy atom. The summed E-state index contributed by atoms with van der Waals surface area (Å²) in [5, 5.41) is 14.0. The van der Waals surface area contributed by atoms with Gasteiger partial charge in [-0.3, -0.25) is 4.79 Å². The van der Waals surface area contributed by atoms with Gasteiger partial charge in [0.15, 0.2) is 5.13 Å². The number of carboxylic acids is 1. The summed E-state index contributed by atoms with van der Waals surface area (Å²) in [7, 11) is 0. The number of nitrogens with two attached hydrogens (primary N) is 1. The van der Waals surface area contributed by atoms with Gasteiger partial charge in [0.05, 0.1) is 0 Å². The predicted molar refractivity (Wildman–Crippen MR) is 76.6 cm³/mol. The first-order valence-electron chi connectivity index (χ1n) is 6.74. The van der Waals surface area contributed by atoms with Crippen molar-refractivity contribution in [2.75, 3.05) is 5.73 Å². The van der Waals surface area contributed by atoms with E-state index >= 15 is 0 Å². The van der Waals surface area contributed by atoms with E-state index < -0.39 is 17.4 Å². The summed E-state index contributed by atoms with van der Waals surface area (Å²) in [4.78, 5) is 27.6. The van der Waals surface area contributed by atoms with Gasteiger partial charge in [0.2, 0.25) is 0 Å². The van der Waals surface area contributed by atoms with E-state index in [4.69, 9.17) is 5.73 Å². The fourth-order valence-corrected chi connectivity index (χ4v) is 3.19. The number of carbonyl (C=O) groups excluding carboxylic acids is 1. The Morgan fingerprint density at radius 3 is 2.65 bits per heavy atom. The normalized spacial score (nSPS) is 26.1. The van der Waals surface area contributed by atoms with E-state index in [1.54, 1.807) is 0 Å². The zero-order chi connectivity index (χ0) is 14.8. The molecule has 0 radical (unpaired) electrons. The maximum Gasteiger partial charge on any atom is 0.329 e. The van der Waals surface area contributed by atoms with Gasteiger partial charge in [-0.1, -0.05) is 13.3 Å². The minimum atomic E-state index is -1.17. The predicted octanol–water partition coefficient (Wildman–Crippen LogP) is 1.88. The fraction of sp³-hybridized carbons (Fsp3) is 0.615. The van der Waals surface area contributed by atoms with Crippen molar-refractivity contribution in [2.24, 2.45) is 5.92 Å². The van der Waals surface area contributed by atoms with Gasteiger partial charge in [0, 0.05) is 5.38 Å². The molecule has 0 atom stereocenters. The first kappa shape index (κ1) is 14.8. The van der Waals surface area contributed by atoms with Gasteiger partial charge >= 0.3 is 5.97 Å². The van der Waals surface area contributed by atoms with Crippen molar-refractivity contribution in [3.63, 3.8) is 0 Å². The molecular weight excluding hydrogens is 278 g/mol. The number of rotatable bonds is 4. The lowest BCUT2D eigenvalue weighted by molar-refractivity contribution is -0.146. The van der Waals surface area contributed by atoms with Crippen molar-refractivity contribution >= 4 is 28.3 Å². The molecule has 7 heteroatoms. The Morgan fingerprint density at radius 2 is 2.20 bits per heavy atom. The number of hydrogen-bond donors (Lipinski definition) is 3. The molecule has 1 amide bonds. The Labute approximate surface area is 121 Å². The summed E-state index contributed by atoms with van der Waals surface area (Å²) in [5.74, 6) is -0.881. The lowest BCUT2D eigenvalue weighted by atomic mass is 9.75. The third kappa shape index (κ3) is 2.92. The van der Waals surface area contributed by atoms with Gasteiger partial charge in [-0.2, -0.15) is 0 Å². The second-order valence-corrected chi connectivity index (χ2v) is 6.15. The highest BCUT2D eigenvalue weighted by Gasteiger charge is 2.43. The van der Waals surface area contributed by atoms with Gasteiger partial charge in [0.1, 0.15) is 11.2 Å². The second-order valence-electron chi connectivity index (χ2n) is 5.26. The monoisotopic (exact) mass is 297 g/mol. The van der Waals surface area contributed by atoms with Crippen molar-refractivity contribution in [1.29, 1.82) is 0 Å². The molecule has 20 heavy (non-hydrogen) atoms. The summed E-state index contributed by atoms with van der Waals surface area (Å²) < 4.78 is 0. The molecule has 4 N–H and O–H groups in total. The number of nitrogen functional groups attached to an aromatic ring is 1. The molecule has 1 fully saturated rings. The number of hydrogen-bond acceptors (Lipinski definition) is 5. The van der Waals surface area contributed by atoms with Crippen molar-refractivity contribution in [3.05, 3.63) is 11.1 Å². The molecule has 0 unspecified atom stereocenters. The largest absolute Gasteiger partial charge is 0.480 e. The Balaban J connectivity index is 2.10. The van der Waals surface area contributed by atoms with Crippen LogP contribution in [0.4, 0.5) is 5.13 Å². The van der Waals surface area contributed by atoms with Gasteiger partial charge in [-0.05, 0) is 31.6 Å². The molecule has 1 aliphatic carbocycles. The molecule has 1 aromatic rings. The van der Waals surface area contributed by atoms with Crippen LogP contribution in [0, 0.1) is 5.92 Å². The molecule has 0 bridgehead atoms. The number of aliphatic carboxylic acids is 1. The Hall–Kier alpha value is -1.63. The molecule has 1 heterocycles. The average molecular weight is 297 g/mol. The van der Waals surface area contributed by atoms with Crippen LogP contribution in [0.3, 0.4) is 0 Å². The molecule has 6 nitrogen and oxygen atoms in total. The molecular formula is C13H19N3O3S. The first-order chi connectivity index (χ1) is 9.47. The first-order valence-corrected chi connectivity index (χ1v) is 7.61. The zero-order valence-electron chi connectivity index (χ0n) is 11.4. The van der Waals surface area contributed by atoms with E-state index in [-0.39, 0.29) is 5.69 Å². The molecule has 2 rings (SSSR count). The maximum absolute atomic E-state index is 12.1. The highest BCUT2D eigenvalue weighted by Crippen LogP contribution is 2.34. The molecule has 0 aromatic carbocycles. The van der Waals surface area contributed by atoms with Crippen molar-refractivity contribution in [2.45, 2.75) is 44.6 Å². The van der Waals surface area contributed by atoms with Crippen LogP contribution < -0.4 is 11.1 Å². The number of nitrogens with one attached hydrogen (secondary N) is 1. The number of carboxylic acid groups (broad SMARTS) is 1. The van der Waals surface area contributed by atoms with Crippen LogP contribution in [0.25, 0.3) is 0 Å². The highest BCUT2D eigenvalue weighted by atomic mass is 32.1. The molecule has 0 aliphatic heterocycles. The molecule has 1 aromatic heterocycles. The summed E-state index contributed by atoms with van der Waals surface area (Å²) in [6.45, 7) is 2.11. The third-order valence-corrected chi connectivity index (χ3v) is 4.73. The minimum absolute atomic E-state index is 0.186. The number of aromatic nitrogens is 1. The van der Waals surface area contributed by atoms with Crippen LogP contribution in [-0.4, -0.2) is 27.5 Å². The number of amides is 1. The van der Waals surface area contributed by atoms with E-state index in [1.165, 1.54) is 5.38 Å². The molecule has 1 aliphatic rings.